The van der Waals surface area contributed by atoms with Gasteiger partial charge in [0, 0.05) is 24.2 Å². The normalized spacial score (nSPS) is 19.3. The summed E-state index contributed by atoms with van der Waals surface area (Å²) in [5.41, 5.74) is 1.18. The van der Waals surface area contributed by atoms with Crippen molar-refractivity contribution in [2.75, 3.05) is 20.2 Å². The molecular weight excluding hydrogens is 240 g/mol. The van der Waals surface area contributed by atoms with Crippen LogP contribution in [0.4, 0.5) is 0 Å². The van der Waals surface area contributed by atoms with Crippen molar-refractivity contribution in [3.63, 3.8) is 0 Å². The molecule has 2 saturated carbocycles. The molecule has 19 heavy (non-hydrogen) atoms. The quantitative estimate of drug-likeness (QED) is 0.693. The Morgan fingerprint density at radius 2 is 2.21 bits per heavy atom. The molecule has 0 bridgehead atoms. The highest BCUT2D eigenvalue weighted by atomic mass is 16.5. The van der Waals surface area contributed by atoms with Crippen molar-refractivity contribution in [1.29, 1.82) is 0 Å². The van der Waals surface area contributed by atoms with E-state index in [1.54, 1.807) is 6.26 Å². The predicted octanol–water partition coefficient (Wildman–Crippen LogP) is 2.14. The molecule has 0 spiro atoms. The van der Waals surface area contributed by atoms with Crippen LogP contribution in [0.15, 0.2) is 16.7 Å². The SMILES string of the molecule is CN(CCOCc1ccoc1CNC1CC1)C1CC1. The lowest BCUT2D eigenvalue weighted by Crippen LogP contribution is -2.25. The van der Waals surface area contributed by atoms with Crippen LogP contribution in [0.1, 0.15) is 37.0 Å². The van der Waals surface area contributed by atoms with Crippen LogP contribution in [0, 0.1) is 0 Å². The van der Waals surface area contributed by atoms with Crippen LogP contribution in [0.5, 0.6) is 0 Å². The standard InChI is InChI=1S/C15H24N2O2/c1-17(14-4-5-14)7-9-18-11-12-6-8-19-15(12)10-16-13-2-3-13/h6,8,13-14,16H,2-5,7,9-11H2,1H3. The maximum absolute atomic E-state index is 5.76. The van der Waals surface area contributed by atoms with E-state index in [4.69, 9.17) is 9.15 Å². The molecule has 3 rings (SSSR count). The van der Waals surface area contributed by atoms with Gasteiger partial charge in [-0.1, -0.05) is 0 Å². The molecular formula is C15H24N2O2. The molecule has 4 heteroatoms. The van der Waals surface area contributed by atoms with Crippen LogP contribution in [0.2, 0.25) is 0 Å². The average Bonchev–Trinajstić information content (AvgIpc) is 3.31. The second-order valence-corrected chi connectivity index (χ2v) is 5.79. The zero-order chi connectivity index (χ0) is 13.1. The first-order valence-corrected chi connectivity index (χ1v) is 7.39. The van der Waals surface area contributed by atoms with E-state index in [2.05, 4.69) is 17.3 Å². The Morgan fingerprint density at radius 1 is 1.37 bits per heavy atom. The summed E-state index contributed by atoms with van der Waals surface area (Å²) in [7, 11) is 2.18. The fourth-order valence-corrected chi connectivity index (χ4v) is 2.26. The molecule has 0 aromatic carbocycles. The van der Waals surface area contributed by atoms with E-state index in [0.717, 1.165) is 31.5 Å². The fraction of sp³-hybridized carbons (Fsp3) is 0.733. The summed E-state index contributed by atoms with van der Waals surface area (Å²) in [5, 5.41) is 3.47. The van der Waals surface area contributed by atoms with Gasteiger partial charge in [-0.2, -0.15) is 0 Å². The minimum atomic E-state index is 0.663. The molecule has 1 N–H and O–H groups in total. The van der Waals surface area contributed by atoms with Crippen LogP contribution in [-0.4, -0.2) is 37.2 Å². The number of furan rings is 1. The molecule has 4 nitrogen and oxygen atoms in total. The van der Waals surface area contributed by atoms with Crippen molar-refractivity contribution in [2.45, 2.75) is 50.9 Å². The van der Waals surface area contributed by atoms with Gasteiger partial charge in [-0.15, -0.1) is 0 Å². The first-order valence-electron chi connectivity index (χ1n) is 7.39. The molecule has 2 aliphatic rings. The Labute approximate surface area is 115 Å². The van der Waals surface area contributed by atoms with Gasteiger partial charge in [0.1, 0.15) is 5.76 Å². The van der Waals surface area contributed by atoms with Crippen molar-refractivity contribution in [2.24, 2.45) is 0 Å². The maximum Gasteiger partial charge on any atom is 0.123 e. The number of hydrogen-bond acceptors (Lipinski definition) is 4. The van der Waals surface area contributed by atoms with Gasteiger partial charge in [-0.05, 0) is 38.8 Å². The van der Waals surface area contributed by atoms with Gasteiger partial charge in [0.25, 0.3) is 0 Å². The second-order valence-electron chi connectivity index (χ2n) is 5.79. The number of ether oxygens (including phenoxy) is 1. The molecule has 2 aliphatic carbocycles. The summed E-state index contributed by atoms with van der Waals surface area (Å²) in [6, 6.07) is 3.55. The predicted molar refractivity (Wildman–Crippen MR) is 73.9 cm³/mol. The van der Waals surface area contributed by atoms with Gasteiger partial charge >= 0.3 is 0 Å². The first-order chi connectivity index (χ1) is 9.33. The second kappa shape index (κ2) is 6.07. The molecule has 1 aromatic heterocycles. The summed E-state index contributed by atoms with van der Waals surface area (Å²) in [6.07, 6.45) is 7.09. The van der Waals surface area contributed by atoms with Gasteiger partial charge in [-0.25, -0.2) is 0 Å². The highest BCUT2D eigenvalue weighted by molar-refractivity contribution is 5.16. The van der Waals surface area contributed by atoms with Crippen LogP contribution < -0.4 is 5.32 Å². The third kappa shape index (κ3) is 4.06. The molecule has 1 heterocycles. The van der Waals surface area contributed by atoms with E-state index in [-0.39, 0.29) is 0 Å². The number of nitrogens with zero attached hydrogens (tertiary/aromatic N) is 1. The van der Waals surface area contributed by atoms with Crippen molar-refractivity contribution >= 4 is 0 Å². The number of rotatable bonds is 9. The molecule has 0 aliphatic heterocycles. The Morgan fingerprint density at radius 3 is 2.95 bits per heavy atom. The fourth-order valence-electron chi connectivity index (χ4n) is 2.26. The minimum absolute atomic E-state index is 0.663. The van der Waals surface area contributed by atoms with Gasteiger partial charge in [0.05, 0.1) is 26.0 Å². The Balaban J connectivity index is 1.35. The lowest BCUT2D eigenvalue weighted by molar-refractivity contribution is 0.0968. The Bertz CT molecular complexity index is 397. The van der Waals surface area contributed by atoms with Crippen molar-refractivity contribution in [1.82, 2.24) is 10.2 Å². The number of nitrogens with one attached hydrogen (secondary N) is 1. The van der Waals surface area contributed by atoms with Gasteiger partial charge in [-0.3, -0.25) is 0 Å². The molecule has 1 aromatic rings. The monoisotopic (exact) mass is 264 g/mol. The maximum atomic E-state index is 5.76. The van der Waals surface area contributed by atoms with Crippen LogP contribution in [-0.2, 0) is 17.9 Å². The molecule has 106 valence electrons. The molecule has 0 amide bonds. The third-order valence-corrected chi connectivity index (χ3v) is 3.98. The zero-order valence-electron chi connectivity index (χ0n) is 11.7. The third-order valence-electron chi connectivity index (χ3n) is 3.98. The van der Waals surface area contributed by atoms with Crippen LogP contribution >= 0.6 is 0 Å². The van der Waals surface area contributed by atoms with Crippen LogP contribution in [0.25, 0.3) is 0 Å². The average molecular weight is 264 g/mol. The van der Waals surface area contributed by atoms with E-state index < -0.39 is 0 Å². The molecule has 2 fully saturated rings. The lowest BCUT2D eigenvalue weighted by Gasteiger charge is -2.15. The highest BCUT2D eigenvalue weighted by Gasteiger charge is 2.25. The topological polar surface area (TPSA) is 37.6 Å². The molecule has 0 saturated heterocycles. The van der Waals surface area contributed by atoms with Crippen molar-refractivity contribution in [3.05, 3.63) is 23.7 Å². The van der Waals surface area contributed by atoms with E-state index in [0.29, 0.717) is 12.6 Å². The zero-order valence-corrected chi connectivity index (χ0v) is 11.7. The van der Waals surface area contributed by atoms with E-state index >= 15 is 0 Å². The van der Waals surface area contributed by atoms with Gasteiger partial charge < -0.3 is 19.4 Å². The Hall–Kier alpha value is -0.840. The minimum Gasteiger partial charge on any atom is -0.468 e. The number of likely N-dealkylation sites (N-methyl/N-ethyl adjacent to an activating group) is 1. The first kappa shape index (κ1) is 13.2. The van der Waals surface area contributed by atoms with E-state index in [1.165, 1.54) is 31.2 Å². The summed E-state index contributed by atoms with van der Waals surface area (Å²) in [6.45, 7) is 3.32. The number of hydrogen-bond donors (Lipinski definition) is 1. The summed E-state index contributed by atoms with van der Waals surface area (Å²) in [5.74, 6) is 1.03. The Kier molecular flexibility index (Phi) is 4.21. The van der Waals surface area contributed by atoms with Gasteiger partial charge in [0.2, 0.25) is 0 Å². The summed E-state index contributed by atoms with van der Waals surface area (Å²) in [4.78, 5) is 2.39. The van der Waals surface area contributed by atoms with Crippen LogP contribution in [0.3, 0.4) is 0 Å². The smallest absolute Gasteiger partial charge is 0.123 e. The van der Waals surface area contributed by atoms with Gasteiger partial charge in [0.15, 0.2) is 0 Å². The summed E-state index contributed by atoms with van der Waals surface area (Å²) >= 11 is 0. The molecule has 0 radical (unpaired) electrons. The largest absolute Gasteiger partial charge is 0.468 e. The summed E-state index contributed by atoms with van der Waals surface area (Å²) < 4.78 is 11.3. The van der Waals surface area contributed by atoms with E-state index in [1.807, 2.05) is 6.07 Å². The van der Waals surface area contributed by atoms with Crippen molar-refractivity contribution < 1.29 is 9.15 Å². The van der Waals surface area contributed by atoms with Crippen molar-refractivity contribution in [3.8, 4) is 0 Å². The molecule has 0 unspecified atom stereocenters. The highest BCUT2D eigenvalue weighted by Crippen LogP contribution is 2.25. The van der Waals surface area contributed by atoms with E-state index in [9.17, 15) is 0 Å². The molecule has 0 atom stereocenters. The lowest BCUT2D eigenvalue weighted by atomic mass is 10.2.